The fourth-order valence-corrected chi connectivity index (χ4v) is 4.70. The highest BCUT2D eigenvalue weighted by Gasteiger charge is 2.21. The second-order valence-corrected chi connectivity index (χ2v) is 10.5. The van der Waals surface area contributed by atoms with Crippen LogP contribution in [0.3, 0.4) is 0 Å². The number of aromatic nitrogens is 3. The van der Waals surface area contributed by atoms with E-state index in [4.69, 9.17) is 19.6 Å². The Bertz CT molecular complexity index is 1360. The van der Waals surface area contributed by atoms with Crippen LogP contribution in [0.15, 0.2) is 41.7 Å². The van der Waals surface area contributed by atoms with Crippen LogP contribution in [-0.4, -0.2) is 61.2 Å². The van der Waals surface area contributed by atoms with E-state index in [0.717, 1.165) is 38.4 Å². The number of ether oxygens (including phenoxy) is 1. The van der Waals surface area contributed by atoms with E-state index in [-0.39, 0.29) is 18.6 Å². The molecule has 2 heterocycles. The molecule has 0 bridgehead atoms. The zero-order chi connectivity index (χ0) is 25.7. The van der Waals surface area contributed by atoms with Crippen LogP contribution in [0.1, 0.15) is 48.0 Å². The predicted molar refractivity (Wildman–Crippen MR) is 137 cm³/mol. The van der Waals surface area contributed by atoms with Crippen LogP contribution >= 0.6 is 0 Å². The van der Waals surface area contributed by atoms with E-state index in [0.29, 0.717) is 39.9 Å². The van der Waals surface area contributed by atoms with E-state index in [1.807, 2.05) is 0 Å². The van der Waals surface area contributed by atoms with Gasteiger partial charge in [-0.2, -0.15) is 18.0 Å². The number of methoxy groups -OCH3 is 1. The molecule has 3 N–H and O–H groups in total. The molecule has 12 heteroatoms. The molecule has 3 aromatic rings. The number of rotatable bonds is 9. The van der Waals surface area contributed by atoms with Gasteiger partial charge in [-0.05, 0) is 56.2 Å². The number of amides is 1. The summed E-state index contributed by atoms with van der Waals surface area (Å²) in [4.78, 5) is 22.0. The first-order valence-electron chi connectivity index (χ1n) is 11.7. The Hall–Kier alpha value is -3.51. The van der Waals surface area contributed by atoms with Crippen molar-refractivity contribution in [2.45, 2.75) is 38.1 Å². The first kappa shape index (κ1) is 25.6. The van der Waals surface area contributed by atoms with Crippen molar-refractivity contribution in [1.29, 1.82) is 0 Å². The first-order valence-corrected chi connectivity index (χ1v) is 13.5. The zero-order valence-electron chi connectivity index (χ0n) is 20.3. The quantitative estimate of drug-likeness (QED) is 0.251. The SMILES string of the molecule is COc1cc(N)c(C=NC2CCC(CCOS(C)(=O)=O)CC2)cc1C(=O)Nc1cnc2cccnn12. The van der Waals surface area contributed by atoms with E-state index in [9.17, 15) is 13.2 Å². The number of nitrogens with zero attached hydrogens (tertiary/aromatic N) is 4. The third kappa shape index (κ3) is 6.38. The average molecular weight is 515 g/mol. The fourth-order valence-electron chi connectivity index (χ4n) is 4.30. The summed E-state index contributed by atoms with van der Waals surface area (Å²) in [6, 6.07) is 6.97. The molecular weight excluding hydrogens is 484 g/mol. The van der Waals surface area contributed by atoms with Gasteiger partial charge in [0.25, 0.3) is 16.0 Å². The minimum atomic E-state index is -3.40. The predicted octanol–water partition coefficient (Wildman–Crippen LogP) is 2.92. The summed E-state index contributed by atoms with van der Waals surface area (Å²) in [5.74, 6) is 0.823. The third-order valence-electron chi connectivity index (χ3n) is 6.23. The van der Waals surface area contributed by atoms with Crippen LogP contribution in [0.5, 0.6) is 5.75 Å². The Kier molecular flexibility index (Phi) is 7.85. The summed E-state index contributed by atoms with van der Waals surface area (Å²) in [5.41, 5.74) is 8.22. The lowest BCUT2D eigenvalue weighted by molar-refractivity contribution is 0.102. The summed E-state index contributed by atoms with van der Waals surface area (Å²) in [6.45, 7) is 0.218. The van der Waals surface area contributed by atoms with E-state index >= 15 is 0 Å². The van der Waals surface area contributed by atoms with Crippen LogP contribution in [0.2, 0.25) is 0 Å². The third-order valence-corrected chi connectivity index (χ3v) is 6.83. The molecule has 0 aliphatic heterocycles. The maximum absolute atomic E-state index is 13.1. The number of carbonyl (C=O) groups is 1. The average Bonchev–Trinajstić information content (AvgIpc) is 3.25. The molecule has 2 aromatic heterocycles. The Morgan fingerprint density at radius 2 is 2.08 bits per heavy atom. The van der Waals surface area contributed by atoms with Crippen LogP contribution in [0.4, 0.5) is 11.5 Å². The number of benzene rings is 1. The van der Waals surface area contributed by atoms with Crippen molar-refractivity contribution in [1.82, 2.24) is 14.6 Å². The molecule has 4 rings (SSSR count). The number of hydrogen-bond donors (Lipinski definition) is 2. The van der Waals surface area contributed by atoms with Crippen LogP contribution in [0.25, 0.3) is 5.65 Å². The molecule has 192 valence electrons. The molecule has 1 aliphatic carbocycles. The van der Waals surface area contributed by atoms with Crippen molar-refractivity contribution in [3.05, 3.63) is 47.8 Å². The van der Waals surface area contributed by atoms with Gasteiger partial charge in [-0.3, -0.25) is 14.0 Å². The van der Waals surface area contributed by atoms with E-state index in [2.05, 4.69) is 15.4 Å². The van der Waals surface area contributed by atoms with E-state index in [1.54, 1.807) is 36.7 Å². The summed E-state index contributed by atoms with van der Waals surface area (Å²) in [5, 5.41) is 7.03. The summed E-state index contributed by atoms with van der Waals surface area (Å²) in [7, 11) is -1.92. The van der Waals surface area contributed by atoms with Crippen molar-refractivity contribution >= 4 is 39.4 Å². The Labute approximate surface area is 209 Å². The van der Waals surface area contributed by atoms with Crippen molar-refractivity contribution in [3.8, 4) is 5.75 Å². The van der Waals surface area contributed by atoms with Gasteiger partial charge in [-0.1, -0.05) is 0 Å². The van der Waals surface area contributed by atoms with Crippen molar-refractivity contribution < 1.29 is 22.1 Å². The Morgan fingerprint density at radius 1 is 1.31 bits per heavy atom. The molecule has 0 saturated heterocycles. The van der Waals surface area contributed by atoms with Crippen molar-refractivity contribution in [2.24, 2.45) is 10.9 Å². The van der Waals surface area contributed by atoms with Gasteiger partial charge < -0.3 is 15.8 Å². The first-order chi connectivity index (χ1) is 17.2. The van der Waals surface area contributed by atoms with Gasteiger partial charge in [0.15, 0.2) is 11.5 Å². The second-order valence-electron chi connectivity index (χ2n) is 8.84. The lowest BCUT2D eigenvalue weighted by Crippen LogP contribution is -2.19. The number of nitrogens with one attached hydrogen (secondary N) is 1. The minimum Gasteiger partial charge on any atom is -0.496 e. The highest BCUT2D eigenvalue weighted by molar-refractivity contribution is 7.85. The normalized spacial score (nSPS) is 18.5. The number of imidazole rings is 1. The molecule has 0 radical (unpaired) electrons. The van der Waals surface area contributed by atoms with Crippen LogP contribution in [-0.2, 0) is 14.3 Å². The maximum atomic E-state index is 13.1. The summed E-state index contributed by atoms with van der Waals surface area (Å²) >= 11 is 0. The number of fused-ring (bicyclic) bond motifs is 1. The lowest BCUT2D eigenvalue weighted by Gasteiger charge is -2.26. The van der Waals surface area contributed by atoms with Gasteiger partial charge in [0.1, 0.15) is 5.75 Å². The molecule has 1 fully saturated rings. The minimum absolute atomic E-state index is 0.139. The van der Waals surface area contributed by atoms with Crippen molar-refractivity contribution in [3.63, 3.8) is 0 Å². The topological polar surface area (TPSA) is 150 Å². The second kappa shape index (κ2) is 11.0. The fraction of sp³-hybridized carbons (Fsp3) is 0.417. The largest absolute Gasteiger partial charge is 0.496 e. The number of nitrogen functional groups attached to an aromatic ring is 1. The molecule has 1 aromatic carbocycles. The Balaban J connectivity index is 1.42. The number of carbonyl (C=O) groups excluding carboxylic acids is 1. The van der Waals surface area contributed by atoms with Gasteiger partial charge in [0, 0.05) is 35.8 Å². The van der Waals surface area contributed by atoms with Gasteiger partial charge in [0.05, 0.1) is 31.7 Å². The maximum Gasteiger partial charge on any atom is 0.264 e. The molecule has 11 nitrogen and oxygen atoms in total. The van der Waals surface area contributed by atoms with Gasteiger partial charge in [-0.15, -0.1) is 0 Å². The molecule has 0 unspecified atom stereocenters. The molecule has 1 saturated carbocycles. The van der Waals surface area contributed by atoms with Crippen molar-refractivity contribution in [2.75, 3.05) is 31.0 Å². The van der Waals surface area contributed by atoms with Crippen LogP contribution < -0.4 is 15.8 Å². The lowest BCUT2D eigenvalue weighted by atomic mass is 9.84. The number of aliphatic imine (C=N–C) groups is 1. The van der Waals surface area contributed by atoms with Gasteiger partial charge >= 0.3 is 0 Å². The highest BCUT2D eigenvalue weighted by atomic mass is 32.2. The highest BCUT2D eigenvalue weighted by Crippen LogP contribution is 2.30. The Morgan fingerprint density at radius 3 is 2.81 bits per heavy atom. The standard InChI is InChI=1S/C24H30N6O5S/c1-34-21-13-20(25)17(14-26-18-7-5-16(6-8-18)9-11-35-36(2,32)33)12-19(21)24(31)29-23-15-27-22-4-3-10-28-30(22)23/h3-4,10,12-16,18H,5-9,11,25H2,1-2H3,(H,29,31). The van der Waals surface area contributed by atoms with E-state index in [1.165, 1.54) is 17.8 Å². The molecule has 0 atom stereocenters. The smallest absolute Gasteiger partial charge is 0.264 e. The molecule has 0 spiro atoms. The van der Waals surface area contributed by atoms with E-state index < -0.39 is 10.1 Å². The monoisotopic (exact) mass is 514 g/mol. The summed E-state index contributed by atoms with van der Waals surface area (Å²) < 4.78 is 34.0. The van der Waals surface area contributed by atoms with Crippen LogP contribution in [0, 0.1) is 5.92 Å². The number of anilines is 2. The number of hydrogen-bond acceptors (Lipinski definition) is 9. The molecule has 36 heavy (non-hydrogen) atoms. The number of nitrogens with two attached hydrogens (primary N) is 1. The van der Waals surface area contributed by atoms with Gasteiger partial charge in [-0.25, -0.2) is 4.98 Å². The molecule has 1 amide bonds. The zero-order valence-corrected chi connectivity index (χ0v) is 21.1. The molecular formula is C24H30N6O5S. The summed E-state index contributed by atoms with van der Waals surface area (Å²) in [6.07, 6.45) is 10.3. The van der Waals surface area contributed by atoms with Gasteiger partial charge in [0.2, 0.25) is 0 Å². The molecule has 1 aliphatic rings.